The van der Waals surface area contributed by atoms with E-state index in [1.807, 2.05) is 36.4 Å². The maximum absolute atomic E-state index is 10.4. The molecule has 0 fully saturated rings. The van der Waals surface area contributed by atoms with Gasteiger partial charge in [-0.1, -0.05) is 58.4 Å². The fraction of sp³-hybridized carbons (Fsp3) is 0.200. The lowest BCUT2D eigenvalue weighted by atomic mass is 9.94. The zero-order chi connectivity index (χ0) is 11.8. The van der Waals surface area contributed by atoms with Crippen molar-refractivity contribution in [1.29, 1.82) is 0 Å². The third kappa shape index (κ3) is 1.81. The monoisotopic (exact) mass is 288 g/mol. The van der Waals surface area contributed by atoms with Crippen LogP contribution in [-0.2, 0) is 6.42 Å². The van der Waals surface area contributed by atoms with Crippen molar-refractivity contribution in [2.24, 2.45) is 0 Å². The van der Waals surface area contributed by atoms with E-state index in [-0.39, 0.29) is 12.0 Å². The van der Waals surface area contributed by atoms with Gasteiger partial charge in [0.05, 0.1) is 6.10 Å². The predicted octanol–water partition coefficient (Wildman–Crippen LogP) is 3.82. The molecule has 0 aliphatic heterocycles. The van der Waals surface area contributed by atoms with Crippen LogP contribution < -0.4 is 0 Å². The van der Waals surface area contributed by atoms with Crippen molar-refractivity contribution in [2.75, 3.05) is 0 Å². The Balaban J connectivity index is 2.02. The summed E-state index contributed by atoms with van der Waals surface area (Å²) in [5, 5.41) is 10.4. The van der Waals surface area contributed by atoms with Gasteiger partial charge in [0, 0.05) is 10.4 Å². The second kappa shape index (κ2) is 4.28. The Morgan fingerprint density at radius 1 is 1.00 bits per heavy atom. The standard InChI is InChI=1S/C15H13BrO/c16-14-8-4-7-11-13(14)9-12(15(11)17)10-5-2-1-3-6-10/h1-8,12,15,17H,9H2. The Morgan fingerprint density at radius 3 is 2.47 bits per heavy atom. The predicted molar refractivity (Wildman–Crippen MR) is 72.0 cm³/mol. The second-order valence-electron chi connectivity index (χ2n) is 4.47. The third-order valence-electron chi connectivity index (χ3n) is 3.51. The number of hydrogen-bond donors (Lipinski definition) is 1. The first-order chi connectivity index (χ1) is 8.27. The highest BCUT2D eigenvalue weighted by molar-refractivity contribution is 9.10. The maximum atomic E-state index is 10.4. The molecule has 1 aliphatic carbocycles. The van der Waals surface area contributed by atoms with Gasteiger partial charge < -0.3 is 5.11 Å². The average molecular weight is 289 g/mol. The Morgan fingerprint density at radius 2 is 1.76 bits per heavy atom. The summed E-state index contributed by atoms with van der Waals surface area (Å²) in [6.07, 6.45) is 0.520. The van der Waals surface area contributed by atoms with Crippen molar-refractivity contribution in [3.05, 3.63) is 69.7 Å². The summed E-state index contributed by atoms with van der Waals surface area (Å²) in [6, 6.07) is 16.3. The quantitative estimate of drug-likeness (QED) is 0.846. The number of fused-ring (bicyclic) bond motifs is 1. The Hall–Kier alpha value is -1.12. The van der Waals surface area contributed by atoms with Gasteiger partial charge in [0.2, 0.25) is 0 Å². The summed E-state index contributed by atoms with van der Waals surface area (Å²) in [6.45, 7) is 0. The lowest BCUT2D eigenvalue weighted by molar-refractivity contribution is 0.158. The number of hydrogen-bond acceptors (Lipinski definition) is 1. The van der Waals surface area contributed by atoms with Gasteiger partial charge >= 0.3 is 0 Å². The highest BCUT2D eigenvalue weighted by Gasteiger charge is 2.32. The first kappa shape index (κ1) is 11.0. The Kier molecular flexibility index (Phi) is 2.77. The summed E-state index contributed by atoms with van der Waals surface area (Å²) < 4.78 is 1.10. The molecule has 0 aromatic heterocycles. The van der Waals surface area contributed by atoms with Crippen LogP contribution in [0.3, 0.4) is 0 Å². The van der Waals surface area contributed by atoms with E-state index in [0.29, 0.717) is 0 Å². The van der Waals surface area contributed by atoms with Crippen molar-refractivity contribution < 1.29 is 5.11 Å². The summed E-state index contributed by atoms with van der Waals surface area (Å²) in [5.41, 5.74) is 3.52. The summed E-state index contributed by atoms with van der Waals surface area (Å²) >= 11 is 3.56. The van der Waals surface area contributed by atoms with Crippen molar-refractivity contribution in [3.8, 4) is 0 Å². The molecule has 0 amide bonds. The molecule has 1 N–H and O–H groups in total. The van der Waals surface area contributed by atoms with Crippen LogP contribution >= 0.6 is 15.9 Å². The zero-order valence-electron chi connectivity index (χ0n) is 9.31. The van der Waals surface area contributed by atoms with Gasteiger partial charge in [0.25, 0.3) is 0 Å². The molecular formula is C15H13BrO. The lowest BCUT2D eigenvalue weighted by Crippen LogP contribution is -2.04. The highest BCUT2D eigenvalue weighted by atomic mass is 79.9. The van der Waals surface area contributed by atoms with E-state index in [0.717, 1.165) is 16.5 Å². The molecule has 0 saturated carbocycles. The summed E-state index contributed by atoms with van der Waals surface area (Å²) in [5.74, 6) is 0.185. The molecule has 0 radical (unpaired) electrons. The minimum absolute atomic E-state index is 0.185. The molecule has 3 rings (SSSR count). The molecule has 2 unspecified atom stereocenters. The van der Waals surface area contributed by atoms with Crippen LogP contribution in [0.1, 0.15) is 28.7 Å². The largest absolute Gasteiger partial charge is 0.388 e. The number of aliphatic hydroxyl groups excluding tert-OH is 1. The first-order valence-electron chi connectivity index (χ1n) is 5.77. The van der Waals surface area contributed by atoms with E-state index >= 15 is 0 Å². The van der Waals surface area contributed by atoms with Gasteiger partial charge in [-0.15, -0.1) is 0 Å². The Bertz CT molecular complexity index is 536. The zero-order valence-corrected chi connectivity index (χ0v) is 10.9. The van der Waals surface area contributed by atoms with Gasteiger partial charge in [-0.2, -0.15) is 0 Å². The maximum Gasteiger partial charge on any atom is 0.0864 e. The number of halogens is 1. The smallest absolute Gasteiger partial charge is 0.0864 e. The van der Waals surface area contributed by atoms with Crippen LogP contribution in [0.5, 0.6) is 0 Å². The fourth-order valence-electron chi connectivity index (χ4n) is 2.62. The molecule has 1 aliphatic rings. The second-order valence-corrected chi connectivity index (χ2v) is 5.33. The van der Waals surface area contributed by atoms with Gasteiger partial charge in [0.15, 0.2) is 0 Å². The van der Waals surface area contributed by atoms with Crippen LogP contribution in [0.15, 0.2) is 53.0 Å². The van der Waals surface area contributed by atoms with Crippen molar-refractivity contribution >= 4 is 15.9 Å². The summed E-state index contributed by atoms with van der Waals surface area (Å²) in [4.78, 5) is 0. The van der Waals surface area contributed by atoms with Crippen LogP contribution in [0.25, 0.3) is 0 Å². The van der Waals surface area contributed by atoms with E-state index in [1.165, 1.54) is 11.1 Å². The van der Waals surface area contributed by atoms with Crippen LogP contribution in [-0.4, -0.2) is 5.11 Å². The third-order valence-corrected chi connectivity index (χ3v) is 4.25. The topological polar surface area (TPSA) is 20.2 Å². The van der Waals surface area contributed by atoms with Crippen molar-refractivity contribution in [1.82, 2.24) is 0 Å². The molecule has 1 nitrogen and oxygen atoms in total. The van der Waals surface area contributed by atoms with E-state index in [2.05, 4.69) is 28.1 Å². The van der Waals surface area contributed by atoms with Crippen molar-refractivity contribution in [3.63, 3.8) is 0 Å². The van der Waals surface area contributed by atoms with E-state index in [9.17, 15) is 5.11 Å². The SMILES string of the molecule is OC1c2cccc(Br)c2CC1c1ccccc1. The molecule has 0 heterocycles. The van der Waals surface area contributed by atoms with Crippen LogP contribution in [0, 0.1) is 0 Å². The molecule has 0 bridgehead atoms. The molecule has 17 heavy (non-hydrogen) atoms. The molecule has 2 heteroatoms. The van der Waals surface area contributed by atoms with E-state index in [1.54, 1.807) is 0 Å². The van der Waals surface area contributed by atoms with Crippen molar-refractivity contribution in [2.45, 2.75) is 18.4 Å². The van der Waals surface area contributed by atoms with Crippen LogP contribution in [0.2, 0.25) is 0 Å². The fourth-order valence-corrected chi connectivity index (χ4v) is 3.16. The van der Waals surface area contributed by atoms with E-state index < -0.39 is 0 Å². The molecule has 86 valence electrons. The molecule has 0 spiro atoms. The highest BCUT2D eigenvalue weighted by Crippen LogP contribution is 2.44. The van der Waals surface area contributed by atoms with Gasteiger partial charge in [-0.3, -0.25) is 0 Å². The average Bonchev–Trinajstić information content (AvgIpc) is 2.70. The number of aliphatic hydroxyl groups is 1. The summed E-state index contributed by atoms with van der Waals surface area (Å²) in [7, 11) is 0. The van der Waals surface area contributed by atoms with Gasteiger partial charge in [0.1, 0.15) is 0 Å². The minimum atomic E-state index is -0.384. The minimum Gasteiger partial charge on any atom is -0.388 e. The van der Waals surface area contributed by atoms with Crippen LogP contribution in [0.4, 0.5) is 0 Å². The molecule has 0 saturated heterocycles. The molecule has 2 aromatic carbocycles. The first-order valence-corrected chi connectivity index (χ1v) is 6.57. The lowest BCUT2D eigenvalue weighted by Gasteiger charge is -2.15. The van der Waals surface area contributed by atoms with Gasteiger partial charge in [-0.05, 0) is 29.2 Å². The molecular weight excluding hydrogens is 276 g/mol. The van der Waals surface area contributed by atoms with Gasteiger partial charge in [-0.25, -0.2) is 0 Å². The normalized spacial score (nSPS) is 22.5. The number of rotatable bonds is 1. The number of benzene rings is 2. The van der Waals surface area contributed by atoms with E-state index in [4.69, 9.17) is 0 Å². The molecule has 2 atom stereocenters. The Labute approximate surface area is 109 Å². The molecule has 2 aromatic rings.